The minimum Gasteiger partial charge on any atom is -0.253 e. The average Bonchev–Trinajstić information content (AvgIpc) is 2.52. The first-order valence-electron chi connectivity index (χ1n) is 4.14. The maximum atomic E-state index is 4.18. The van der Waals surface area contributed by atoms with E-state index in [0.29, 0.717) is 0 Å². The van der Waals surface area contributed by atoms with Crippen molar-refractivity contribution < 1.29 is 0 Å². The van der Waals surface area contributed by atoms with Crippen molar-refractivity contribution >= 4 is 15.9 Å². The van der Waals surface area contributed by atoms with Gasteiger partial charge in [-0.1, -0.05) is 28.9 Å². The SMILES string of the molecule is C=CC(C)(CBr)Cc1ncnn1C. The molecule has 0 radical (unpaired) electrons. The maximum absolute atomic E-state index is 4.18. The molecule has 0 aromatic carbocycles. The lowest BCUT2D eigenvalue weighted by Gasteiger charge is -2.21. The number of nitrogens with zero attached hydrogens (tertiary/aromatic N) is 3. The number of alkyl halides is 1. The van der Waals surface area contributed by atoms with Gasteiger partial charge in [0.15, 0.2) is 0 Å². The van der Waals surface area contributed by atoms with E-state index in [4.69, 9.17) is 0 Å². The predicted molar refractivity (Wildman–Crippen MR) is 56.8 cm³/mol. The molecule has 3 nitrogen and oxygen atoms in total. The molecule has 0 aliphatic rings. The second-order valence-electron chi connectivity index (χ2n) is 3.47. The van der Waals surface area contributed by atoms with Crippen molar-refractivity contribution in [2.24, 2.45) is 12.5 Å². The van der Waals surface area contributed by atoms with E-state index in [9.17, 15) is 0 Å². The topological polar surface area (TPSA) is 30.7 Å². The Hall–Kier alpha value is -0.640. The highest BCUT2D eigenvalue weighted by atomic mass is 79.9. The number of rotatable bonds is 4. The Bertz CT molecular complexity index is 295. The Kier molecular flexibility index (Phi) is 3.25. The summed E-state index contributed by atoms with van der Waals surface area (Å²) in [4.78, 5) is 4.18. The first-order chi connectivity index (χ1) is 6.11. The number of aryl methyl sites for hydroxylation is 1. The molecular weight excluding hydrogens is 230 g/mol. The molecule has 1 unspecified atom stereocenters. The fourth-order valence-corrected chi connectivity index (χ4v) is 1.44. The van der Waals surface area contributed by atoms with Crippen LogP contribution in [0, 0.1) is 5.41 Å². The molecule has 1 atom stereocenters. The molecule has 1 rings (SSSR count). The van der Waals surface area contributed by atoms with E-state index < -0.39 is 0 Å². The summed E-state index contributed by atoms with van der Waals surface area (Å²) in [5, 5.41) is 4.91. The zero-order valence-corrected chi connectivity index (χ0v) is 9.58. The summed E-state index contributed by atoms with van der Waals surface area (Å²) < 4.78 is 1.80. The number of aromatic nitrogens is 3. The van der Waals surface area contributed by atoms with Crippen LogP contribution in [0.25, 0.3) is 0 Å². The highest BCUT2D eigenvalue weighted by molar-refractivity contribution is 9.09. The van der Waals surface area contributed by atoms with Gasteiger partial charge in [-0.25, -0.2) is 4.98 Å². The van der Waals surface area contributed by atoms with Gasteiger partial charge >= 0.3 is 0 Å². The van der Waals surface area contributed by atoms with Crippen LogP contribution in [0.5, 0.6) is 0 Å². The van der Waals surface area contributed by atoms with Gasteiger partial charge in [0, 0.05) is 24.2 Å². The van der Waals surface area contributed by atoms with Crippen LogP contribution in [0.4, 0.5) is 0 Å². The lowest BCUT2D eigenvalue weighted by molar-refractivity contribution is 0.465. The first-order valence-corrected chi connectivity index (χ1v) is 5.26. The third-order valence-electron chi connectivity index (χ3n) is 2.17. The van der Waals surface area contributed by atoms with Crippen LogP contribution in [-0.2, 0) is 13.5 Å². The van der Waals surface area contributed by atoms with Crippen LogP contribution in [0.3, 0.4) is 0 Å². The van der Waals surface area contributed by atoms with Crippen molar-refractivity contribution in [2.75, 3.05) is 5.33 Å². The van der Waals surface area contributed by atoms with E-state index in [1.807, 2.05) is 13.1 Å². The molecule has 1 aromatic heterocycles. The minimum atomic E-state index is 0.0563. The maximum Gasteiger partial charge on any atom is 0.138 e. The van der Waals surface area contributed by atoms with Gasteiger partial charge in [-0.3, -0.25) is 4.68 Å². The lowest BCUT2D eigenvalue weighted by atomic mass is 9.89. The highest BCUT2D eigenvalue weighted by Gasteiger charge is 2.21. The van der Waals surface area contributed by atoms with E-state index in [-0.39, 0.29) is 5.41 Å². The van der Waals surface area contributed by atoms with Crippen molar-refractivity contribution in [3.63, 3.8) is 0 Å². The monoisotopic (exact) mass is 243 g/mol. The molecule has 0 amide bonds. The average molecular weight is 244 g/mol. The Morgan fingerprint density at radius 2 is 2.46 bits per heavy atom. The summed E-state index contributed by atoms with van der Waals surface area (Å²) in [6, 6.07) is 0. The van der Waals surface area contributed by atoms with Gasteiger partial charge in [-0.05, 0) is 0 Å². The van der Waals surface area contributed by atoms with Crippen LogP contribution in [-0.4, -0.2) is 20.1 Å². The molecule has 4 heteroatoms. The first kappa shape index (κ1) is 10.4. The quantitative estimate of drug-likeness (QED) is 0.598. The second kappa shape index (κ2) is 4.05. The highest BCUT2D eigenvalue weighted by Crippen LogP contribution is 2.24. The molecule has 1 aromatic rings. The molecule has 0 spiro atoms. The van der Waals surface area contributed by atoms with Gasteiger partial charge < -0.3 is 0 Å². The minimum absolute atomic E-state index is 0.0563. The summed E-state index contributed by atoms with van der Waals surface area (Å²) in [5.41, 5.74) is 0.0563. The summed E-state index contributed by atoms with van der Waals surface area (Å²) in [7, 11) is 1.90. The van der Waals surface area contributed by atoms with Crippen LogP contribution in [0.15, 0.2) is 19.0 Å². The summed E-state index contributed by atoms with van der Waals surface area (Å²) >= 11 is 3.47. The van der Waals surface area contributed by atoms with Gasteiger partial charge in [0.25, 0.3) is 0 Å². The van der Waals surface area contributed by atoms with E-state index in [1.54, 1.807) is 11.0 Å². The molecule has 0 saturated carbocycles. The van der Waals surface area contributed by atoms with Gasteiger partial charge in [-0.2, -0.15) is 5.10 Å². The Balaban J connectivity index is 2.78. The van der Waals surface area contributed by atoms with Gasteiger partial charge in [0.2, 0.25) is 0 Å². The van der Waals surface area contributed by atoms with Crippen molar-refractivity contribution in [1.82, 2.24) is 14.8 Å². The van der Waals surface area contributed by atoms with Crippen molar-refractivity contribution in [1.29, 1.82) is 0 Å². The van der Waals surface area contributed by atoms with Gasteiger partial charge in [-0.15, -0.1) is 6.58 Å². The molecule has 0 saturated heterocycles. The van der Waals surface area contributed by atoms with E-state index in [1.165, 1.54) is 0 Å². The molecule has 0 N–H and O–H groups in total. The molecule has 0 fully saturated rings. The normalized spacial score (nSPS) is 15.3. The zero-order chi connectivity index (χ0) is 9.90. The van der Waals surface area contributed by atoms with Crippen LogP contribution >= 0.6 is 15.9 Å². The van der Waals surface area contributed by atoms with Crippen molar-refractivity contribution in [2.45, 2.75) is 13.3 Å². The van der Waals surface area contributed by atoms with E-state index in [2.05, 4.69) is 39.5 Å². The second-order valence-corrected chi connectivity index (χ2v) is 4.03. The third kappa shape index (κ3) is 2.40. The van der Waals surface area contributed by atoms with Crippen LogP contribution in [0.2, 0.25) is 0 Å². The van der Waals surface area contributed by atoms with Crippen molar-refractivity contribution in [3.8, 4) is 0 Å². The molecule has 0 aliphatic heterocycles. The largest absolute Gasteiger partial charge is 0.253 e. The number of hydrogen-bond acceptors (Lipinski definition) is 2. The van der Waals surface area contributed by atoms with Gasteiger partial charge in [0.05, 0.1) is 0 Å². The Morgan fingerprint density at radius 3 is 2.85 bits per heavy atom. The molecule has 1 heterocycles. The van der Waals surface area contributed by atoms with Crippen LogP contribution in [0.1, 0.15) is 12.7 Å². The molecule has 72 valence electrons. The Morgan fingerprint density at radius 1 is 1.77 bits per heavy atom. The van der Waals surface area contributed by atoms with E-state index in [0.717, 1.165) is 17.6 Å². The standard InChI is InChI=1S/C9H14BrN3/c1-4-9(2,6-10)5-8-11-7-12-13(8)3/h4,7H,1,5-6H2,2-3H3. The van der Waals surface area contributed by atoms with Crippen molar-refractivity contribution in [3.05, 3.63) is 24.8 Å². The molecule has 0 bridgehead atoms. The fraction of sp³-hybridized carbons (Fsp3) is 0.556. The van der Waals surface area contributed by atoms with Gasteiger partial charge in [0.1, 0.15) is 12.2 Å². The fourth-order valence-electron chi connectivity index (χ4n) is 1.02. The predicted octanol–water partition coefficient (Wildman–Crippen LogP) is 1.94. The number of hydrogen-bond donors (Lipinski definition) is 0. The Labute approximate surface area is 87.0 Å². The number of halogens is 1. The summed E-state index contributed by atoms with van der Waals surface area (Å²) in [5.74, 6) is 0.988. The molecule has 0 aliphatic carbocycles. The third-order valence-corrected chi connectivity index (χ3v) is 3.45. The molecule has 13 heavy (non-hydrogen) atoms. The lowest BCUT2D eigenvalue weighted by Crippen LogP contribution is -2.20. The van der Waals surface area contributed by atoms with E-state index >= 15 is 0 Å². The summed E-state index contributed by atoms with van der Waals surface area (Å²) in [6.45, 7) is 5.97. The van der Waals surface area contributed by atoms with Crippen LogP contribution < -0.4 is 0 Å². The summed E-state index contributed by atoms with van der Waals surface area (Å²) in [6.07, 6.45) is 4.39. The molecular formula is C9H14BrN3. The number of allylic oxidation sites excluding steroid dienone is 1. The smallest absolute Gasteiger partial charge is 0.138 e. The zero-order valence-electron chi connectivity index (χ0n) is 8.00.